The Balaban J connectivity index is 1.45. The van der Waals surface area contributed by atoms with Gasteiger partial charge in [-0.15, -0.1) is 0 Å². The Morgan fingerprint density at radius 3 is 1.97 bits per heavy atom. The highest BCUT2D eigenvalue weighted by atomic mass is 35.5. The zero-order valence-electron chi connectivity index (χ0n) is 16.7. The van der Waals surface area contributed by atoms with Gasteiger partial charge in [0, 0.05) is 42.7 Å². The van der Waals surface area contributed by atoms with Crippen molar-refractivity contribution >= 4 is 17.5 Å². The Morgan fingerprint density at radius 2 is 1.40 bits per heavy atom. The fourth-order valence-electron chi connectivity index (χ4n) is 3.84. The third kappa shape index (κ3) is 4.91. The quantitative estimate of drug-likeness (QED) is 0.583. The molecule has 0 saturated carbocycles. The van der Waals surface area contributed by atoms with Crippen molar-refractivity contribution < 1.29 is 4.79 Å². The molecule has 3 nitrogen and oxygen atoms in total. The molecule has 3 aromatic rings. The lowest BCUT2D eigenvalue weighted by molar-refractivity contribution is -0.127. The molecule has 1 aliphatic rings. The van der Waals surface area contributed by atoms with Crippen LogP contribution in [0.5, 0.6) is 0 Å². The molecular weight excluding hydrogens is 392 g/mol. The highest BCUT2D eigenvalue weighted by Gasteiger charge is 2.27. The predicted octanol–water partition coefficient (Wildman–Crippen LogP) is 4.63. The van der Waals surface area contributed by atoms with Crippen molar-refractivity contribution in [1.82, 2.24) is 9.80 Å². The number of rotatable bonds is 3. The second kappa shape index (κ2) is 9.63. The predicted molar refractivity (Wildman–Crippen MR) is 121 cm³/mol. The summed E-state index contributed by atoms with van der Waals surface area (Å²) < 4.78 is 0. The van der Waals surface area contributed by atoms with E-state index in [1.165, 1.54) is 11.1 Å². The summed E-state index contributed by atoms with van der Waals surface area (Å²) in [7, 11) is 0. The summed E-state index contributed by atoms with van der Waals surface area (Å²) >= 11 is 5.99. The largest absolute Gasteiger partial charge is 0.329 e. The first-order valence-corrected chi connectivity index (χ1v) is 10.5. The number of piperazine rings is 1. The molecule has 0 atom stereocenters. The molecule has 3 aromatic carbocycles. The Kier molecular flexibility index (Phi) is 6.49. The maximum Gasteiger partial charge on any atom is 0.298 e. The second-order valence-corrected chi connectivity index (χ2v) is 7.75. The number of carbonyl (C=O) groups excluding carboxylic acids is 1. The monoisotopic (exact) mass is 414 g/mol. The molecule has 0 aromatic heterocycles. The summed E-state index contributed by atoms with van der Waals surface area (Å²) in [5, 5.41) is 0.621. The maximum absolute atomic E-state index is 12.6. The Hall–Kier alpha value is -3.06. The number of nitrogens with zero attached hydrogens (tertiary/aromatic N) is 2. The molecule has 1 amide bonds. The van der Waals surface area contributed by atoms with E-state index in [-0.39, 0.29) is 11.9 Å². The molecule has 0 aliphatic carbocycles. The van der Waals surface area contributed by atoms with E-state index >= 15 is 0 Å². The minimum absolute atomic E-state index is 0.134. The lowest BCUT2D eigenvalue weighted by atomic mass is 9.96. The van der Waals surface area contributed by atoms with E-state index in [0.29, 0.717) is 18.1 Å². The van der Waals surface area contributed by atoms with Crippen molar-refractivity contribution in [3.63, 3.8) is 0 Å². The summed E-state index contributed by atoms with van der Waals surface area (Å²) in [6.45, 7) is 2.94. The molecule has 0 N–H and O–H groups in total. The number of halogens is 1. The molecule has 0 bridgehead atoms. The molecule has 0 unspecified atom stereocenters. The van der Waals surface area contributed by atoms with Gasteiger partial charge in [0.05, 0.1) is 6.04 Å². The molecule has 0 spiro atoms. The van der Waals surface area contributed by atoms with Crippen LogP contribution in [0, 0.1) is 11.8 Å². The van der Waals surface area contributed by atoms with Crippen molar-refractivity contribution in [3.05, 3.63) is 107 Å². The lowest BCUT2D eigenvalue weighted by Gasteiger charge is -2.39. The van der Waals surface area contributed by atoms with Crippen LogP contribution in [0.2, 0.25) is 5.02 Å². The summed E-state index contributed by atoms with van der Waals surface area (Å²) in [4.78, 5) is 16.9. The Labute approximate surface area is 182 Å². The van der Waals surface area contributed by atoms with Crippen LogP contribution in [0.15, 0.2) is 84.9 Å². The summed E-state index contributed by atoms with van der Waals surface area (Å²) in [5.41, 5.74) is 3.29. The summed E-state index contributed by atoms with van der Waals surface area (Å²) in [6.07, 6.45) is 0. The van der Waals surface area contributed by atoms with Crippen LogP contribution in [0.3, 0.4) is 0 Å². The van der Waals surface area contributed by atoms with Crippen molar-refractivity contribution in [1.29, 1.82) is 0 Å². The zero-order valence-corrected chi connectivity index (χ0v) is 17.4. The van der Waals surface area contributed by atoms with E-state index in [1.807, 2.05) is 29.2 Å². The van der Waals surface area contributed by atoms with E-state index in [2.05, 4.69) is 65.3 Å². The number of benzene rings is 3. The van der Waals surface area contributed by atoms with E-state index in [9.17, 15) is 4.79 Å². The Morgan fingerprint density at radius 1 is 0.800 bits per heavy atom. The molecule has 150 valence electrons. The number of carbonyl (C=O) groups is 1. The molecule has 4 rings (SSSR count). The van der Waals surface area contributed by atoms with Crippen LogP contribution in [-0.2, 0) is 4.79 Å². The molecule has 4 heteroatoms. The normalized spacial score (nSPS) is 14.3. The summed E-state index contributed by atoms with van der Waals surface area (Å²) in [6, 6.07) is 28.5. The fraction of sp³-hybridized carbons (Fsp3) is 0.192. The number of hydrogen-bond acceptors (Lipinski definition) is 2. The van der Waals surface area contributed by atoms with Gasteiger partial charge in [0.2, 0.25) is 0 Å². The van der Waals surface area contributed by atoms with Crippen molar-refractivity contribution in [2.45, 2.75) is 6.04 Å². The van der Waals surface area contributed by atoms with Crippen LogP contribution >= 0.6 is 11.6 Å². The molecule has 0 radical (unpaired) electrons. The van der Waals surface area contributed by atoms with Crippen LogP contribution in [0.4, 0.5) is 0 Å². The third-order valence-electron chi connectivity index (χ3n) is 5.34. The molecule has 30 heavy (non-hydrogen) atoms. The van der Waals surface area contributed by atoms with Gasteiger partial charge in [-0.1, -0.05) is 84.3 Å². The van der Waals surface area contributed by atoms with Gasteiger partial charge >= 0.3 is 0 Å². The minimum Gasteiger partial charge on any atom is -0.329 e. The van der Waals surface area contributed by atoms with Gasteiger partial charge in [-0.05, 0) is 29.3 Å². The highest BCUT2D eigenvalue weighted by Crippen LogP contribution is 2.29. The fourth-order valence-corrected chi connectivity index (χ4v) is 4.03. The SMILES string of the molecule is O=C(C#Cc1cccc(Cl)c1)N1CCN(C(c2ccccc2)c2ccccc2)CC1. The topological polar surface area (TPSA) is 23.6 Å². The van der Waals surface area contributed by atoms with Crippen LogP contribution in [0.25, 0.3) is 0 Å². The van der Waals surface area contributed by atoms with Gasteiger partial charge in [-0.2, -0.15) is 0 Å². The number of hydrogen-bond donors (Lipinski definition) is 0. The molecule has 1 saturated heterocycles. The Bertz CT molecular complexity index is 1010. The molecular formula is C26H23ClN2O. The zero-order chi connectivity index (χ0) is 20.8. The highest BCUT2D eigenvalue weighted by molar-refractivity contribution is 6.30. The van der Waals surface area contributed by atoms with E-state index in [1.54, 1.807) is 12.1 Å². The van der Waals surface area contributed by atoms with E-state index in [0.717, 1.165) is 18.7 Å². The third-order valence-corrected chi connectivity index (χ3v) is 5.57. The van der Waals surface area contributed by atoms with Crippen molar-refractivity contribution in [2.75, 3.05) is 26.2 Å². The first-order chi connectivity index (χ1) is 14.7. The molecule has 1 fully saturated rings. The van der Waals surface area contributed by atoms with Crippen molar-refractivity contribution in [2.24, 2.45) is 0 Å². The van der Waals surface area contributed by atoms with E-state index < -0.39 is 0 Å². The first kappa shape index (κ1) is 20.2. The molecule has 1 heterocycles. The van der Waals surface area contributed by atoms with E-state index in [4.69, 9.17) is 11.6 Å². The van der Waals surface area contributed by atoms with Gasteiger partial charge in [0.15, 0.2) is 0 Å². The van der Waals surface area contributed by atoms with Crippen LogP contribution < -0.4 is 0 Å². The van der Waals surface area contributed by atoms with Crippen LogP contribution in [0.1, 0.15) is 22.7 Å². The average Bonchev–Trinajstić information content (AvgIpc) is 2.80. The second-order valence-electron chi connectivity index (χ2n) is 7.31. The molecule has 1 aliphatic heterocycles. The number of amides is 1. The van der Waals surface area contributed by atoms with Gasteiger partial charge in [0.25, 0.3) is 5.91 Å². The van der Waals surface area contributed by atoms with Gasteiger partial charge in [0.1, 0.15) is 0 Å². The average molecular weight is 415 g/mol. The van der Waals surface area contributed by atoms with Gasteiger partial charge < -0.3 is 4.90 Å². The summed E-state index contributed by atoms with van der Waals surface area (Å²) in [5.74, 6) is 5.56. The smallest absolute Gasteiger partial charge is 0.298 e. The maximum atomic E-state index is 12.6. The minimum atomic E-state index is -0.134. The van der Waals surface area contributed by atoms with Crippen molar-refractivity contribution in [3.8, 4) is 11.8 Å². The standard InChI is InChI=1S/C26H23ClN2O/c27-24-13-7-8-21(20-24)14-15-25(30)28-16-18-29(19-17-28)26(22-9-3-1-4-10-22)23-11-5-2-6-12-23/h1-13,20,26H,16-19H2. The lowest BCUT2D eigenvalue weighted by Crippen LogP contribution is -2.49. The first-order valence-electron chi connectivity index (χ1n) is 10.1. The van der Waals surface area contributed by atoms with Gasteiger partial charge in [-0.25, -0.2) is 0 Å². The van der Waals surface area contributed by atoms with Crippen LogP contribution in [-0.4, -0.2) is 41.9 Å². The van der Waals surface area contributed by atoms with Gasteiger partial charge in [-0.3, -0.25) is 9.69 Å².